The van der Waals surface area contributed by atoms with Crippen molar-refractivity contribution in [3.63, 3.8) is 0 Å². The molecule has 1 aliphatic rings. The van der Waals surface area contributed by atoms with Crippen molar-refractivity contribution in [3.05, 3.63) is 28.8 Å². The zero-order valence-corrected chi connectivity index (χ0v) is 9.71. The molecule has 86 valence electrons. The molecule has 0 aliphatic heterocycles. The van der Waals surface area contributed by atoms with Gasteiger partial charge >= 0.3 is 5.97 Å². The molecule has 0 unspecified atom stereocenters. The number of carbonyl (C=O) groups is 1. The Hall–Kier alpha value is -1.51. The van der Waals surface area contributed by atoms with Gasteiger partial charge in [-0.25, -0.2) is 4.79 Å². The number of hydrogen-bond donors (Lipinski definition) is 2. The van der Waals surface area contributed by atoms with Crippen molar-refractivity contribution in [2.75, 3.05) is 11.9 Å². The van der Waals surface area contributed by atoms with Crippen molar-refractivity contribution in [3.8, 4) is 0 Å². The van der Waals surface area contributed by atoms with Crippen LogP contribution in [0.5, 0.6) is 0 Å². The monoisotopic (exact) mass is 219 g/mol. The third-order valence-electron chi connectivity index (χ3n) is 3.04. The summed E-state index contributed by atoms with van der Waals surface area (Å²) in [6.07, 6.45) is 2.64. The molecule has 1 aromatic carbocycles. The minimum Gasteiger partial charge on any atom is -0.478 e. The van der Waals surface area contributed by atoms with E-state index in [-0.39, 0.29) is 0 Å². The van der Waals surface area contributed by atoms with Gasteiger partial charge in [0.05, 0.1) is 5.56 Å². The first-order valence-electron chi connectivity index (χ1n) is 5.66. The first-order valence-corrected chi connectivity index (χ1v) is 5.66. The SMILES string of the molecule is Cc1cc(NCC2CC2)cc(C)c1C(=O)O. The van der Waals surface area contributed by atoms with E-state index in [0.29, 0.717) is 5.56 Å². The maximum absolute atomic E-state index is 11.0. The zero-order chi connectivity index (χ0) is 11.7. The maximum atomic E-state index is 11.0. The summed E-state index contributed by atoms with van der Waals surface area (Å²) in [5.74, 6) is -0.0245. The highest BCUT2D eigenvalue weighted by Gasteiger charge is 2.20. The number of rotatable bonds is 4. The van der Waals surface area contributed by atoms with Crippen LogP contribution in [-0.2, 0) is 0 Å². The first-order chi connectivity index (χ1) is 7.58. The van der Waals surface area contributed by atoms with Crippen LogP contribution in [0.15, 0.2) is 12.1 Å². The van der Waals surface area contributed by atoms with Crippen molar-refractivity contribution in [1.82, 2.24) is 0 Å². The normalized spacial score (nSPS) is 14.9. The van der Waals surface area contributed by atoms with E-state index in [1.165, 1.54) is 12.8 Å². The van der Waals surface area contributed by atoms with Crippen molar-refractivity contribution >= 4 is 11.7 Å². The highest BCUT2D eigenvalue weighted by molar-refractivity contribution is 5.91. The van der Waals surface area contributed by atoms with E-state index in [9.17, 15) is 4.79 Å². The minimum absolute atomic E-state index is 0.428. The Balaban J connectivity index is 2.18. The lowest BCUT2D eigenvalue weighted by atomic mass is 10.0. The zero-order valence-electron chi connectivity index (χ0n) is 9.71. The molecule has 16 heavy (non-hydrogen) atoms. The summed E-state index contributed by atoms with van der Waals surface area (Å²) in [7, 11) is 0. The van der Waals surface area contributed by atoms with E-state index in [2.05, 4.69) is 5.32 Å². The molecular weight excluding hydrogens is 202 g/mol. The molecule has 0 heterocycles. The van der Waals surface area contributed by atoms with E-state index in [0.717, 1.165) is 29.3 Å². The van der Waals surface area contributed by atoms with Gasteiger partial charge in [0, 0.05) is 12.2 Å². The molecule has 1 fully saturated rings. The molecule has 0 aromatic heterocycles. The van der Waals surface area contributed by atoms with Crippen LogP contribution in [0.2, 0.25) is 0 Å². The quantitative estimate of drug-likeness (QED) is 0.818. The molecule has 0 bridgehead atoms. The van der Waals surface area contributed by atoms with Gasteiger partial charge in [-0.3, -0.25) is 0 Å². The molecule has 0 amide bonds. The van der Waals surface area contributed by atoms with E-state index in [1.54, 1.807) is 0 Å². The Labute approximate surface area is 95.5 Å². The lowest BCUT2D eigenvalue weighted by molar-refractivity contribution is 0.0695. The second-order valence-corrected chi connectivity index (χ2v) is 4.61. The van der Waals surface area contributed by atoms with Crippen LogP contribution >= 0.6 is 0 Å². The fraction of sp³-hybridized carbons (Fsp3) is 0.462. The Bertz CT molecular complexity index is 399. The summed E-state index contributed by atoms with van der Waals surface area (Å²) >= 11 is 0. The molecule has 0 atom stereocenters. The Kier molecular flexibility index (Phi) is 2.86. The summed E-state index contributed by atoms with van der Waals surface area (Å²) in [6.45, 7) is 4.70. The number of benzene rings is 1. The summed E-state index contributed by atoms with van der Waals surface area (Å²) in [5.41, 5.74) is 3.11. The molecule has 1 aromatic rings. The van der Waals surface area contributed by atoms with Crippen LogP contribution < -0.4 is 5.32 Å². The Morgan fingerprint density at radius 2 is 1.94 bits per heavy atom. The highest BCUT2D eigenvalue weighted by Crippen LogP contribution is 2.29. The second kappa shape index (κ2) is 4.16. The Morgan fingerprint density at radius 1 is 1.38 bits per heavy atom. The van der Waals surface area contributed by atoms with Gasteiger partial charge in [0.2, 0.25) is 0 Å². The van der Waals surface area contributed by atoms with Gasteiger partial charge in [-0.15, -0.1) is 0 Å². The van der Waals surface area contributed by atoms with E-state index < -0.39 is 5.97 Å². The van der Waals surface area contributed by atoms with Gasteiger partial charge in [-0.05, 0) is 55.9 Å². The molecule has 0 saturated heterocycles. The molecule has 0 spiro atoms. The van der Waals surface area contributed by atoms with E-state index in [4.69, 9.17) is 5.11 Å². The van der Waals surface area contributed by atoms with Gasteiger partial charge in [0.15, 0.2) is 0 Å². The molecule has 0 radical (unpaired) electrons. The molecule has 2 N–H and O–H groups in total. The number of carboxylic acids is 1. The van der Waals surface area contributed by atoms with Crippen LogP contribution in [-0.4, -0.2) is 17.6 Å². The number of hydrogen-bond acceptors (Lipinski definition) is 2. The predicted molar refractivity (Wildman–Crippen MR) is 64.1 cm³/mol. The fourth-order valence-corrected chi connectivity index (χ4v) is 1.99. The molecule has 2 rings (SSSR count). The number of aromatic carboxylic acids is 1. The predicted octanol–water partition coefficient (Wildman–Crippen LogP) is 2.82. The smallest absolute Gasteiger partial charge is 0.336 e. The standard InChI is InChI=1S/C13H17NO2/c1-8-5-11(14-7-10-3-4-10)6-9(2)12(8)13(15)16/h5-6,10,14H,3-4,7H2,1-2H3,(H,15,16). The fourth-order valence-electron chi connectivity index (χ4n) is 1.99. The van der Waals surface area contributed by atoms with Crippen molar-refractivity contribution in [2.45, 2.75) is 26.7 Å². The molecule has 3 nitrogen and oxygen atoms in total. The van der Waals surface area contributed by atoms with Gasteiger partial charge in [0.1, 0.15) is 0 Å². The number of nitrogens with one attached hydrogen (secondary N) is 1. The topological polar surface area (TPSA) is 49.3 Å². The summed E-state index contributed by atoms with van der Waals surface area (Å²) < 4.78 is 0. The second-order valence-electron chi connectivity index (χ2n) is 4.61. The highest BCUT2D eigenvalue weighted by atomic mass is 16.4. The van der Waals surface area contributed by atoms with Gasteiger partial charge < -0.3 is 10.4 Å². The molecule has 1 aliphatic carbocycles. The van der Waals surface area contributed by atoms with Crippen LogP contribution in [0.4, 0.5) is 5.69 Å². The lowest BCUT2D eigenvalue weighted by Gasteiger charge is -2.11. The third-order valence-corrected chi connectivity index (χ3v) is 3.04. The summed E-state index contributed by atoms with van der Waals surface area (Å²) in [5, 5.41) is 12.4. The van der Waals surface area contributed by atoms with Crippen molar-refractivity contribution in [2.24, 2.45) is 5.92 Å². The van der Waals surface area contributed by atoms with E-state index in [1.807, 2.05) is 26.0 Å². The Morgan fingerprint density at radius 3 is 2.38 bits per heavy atom. The maximum Gasteiger partial charge on any atom is 0.336 e. The van der Waals surface area contributed by atoms with Crippen LogP contribution in [0.25, 0.3) is 0 Å². The van der Waals surface area contributed by atoms with Crippen LogP contribution in [0, 0.1) is 19.8 Å². The molecule has 3 heteroatoms. The molecule has 1 saturated carbocycles. The van der Waals surface area contributed by atoms with Crippen LogP contribution in [0.3, 0.4) is 0 Å². The summed E-state index contributed by atoms with van der Waals surface area (Å²) in [6, 6.07) is 3.83. The number of carboxylic acid groups (broad SMARTS) is 1. The average Bonchev–Trinajstić information content (AvgIpc) is 2.96. The van der Waals surface area contributed by atoms with E-state index >= 15 is 0 Å². The minimum atomic E-state index is -0.844. The van der Waals surface area contributed by atoms with Crippen molar-refractivity contribution in [1.29, 1.82) is 0 Å². The average molecular weight is 219 g/mol. The lowest BCUT2D eigenvalue weighted by Crippen LogP contribution is -2.07. The number of anilines is 1. The van der Waals surface area contributed by atoms with Crippen molar-refractivity contribution < 1.29 is 9.90 Å². The van der Waals surface area contributed by atoms with Gasteiger partial charge in [-0.2, -0.15) is 0 Å². The van der Waals surface area contributed by atoms with Crippen LogP contribution in [0.1, 0.15) is 34.3 Å². The first kappa shape index (κ1) is 11.0. The molecular formula is C13H17NO2. The van der Waals surface area contributed by atoms with Gasteiger partial charge in [-0.1, -0.05) is 0 Å². The van der Waals surface area contributed by atoms with Gasteiger partial charge in [0.25, 0.3) is 0 Å². The summed E-state index contributed by atoms with van der Waals surface area (Å²) in [4.78, 5) is 11.0. The number of aryl methyl sites for hydroxylation is 2. The third kappa shape index (κ3) is 2.35. The largest absolute Gasteiger partial charge is 0.478 e.